The van der Waals surface area contributed by atoms with Crippen LogP contribution in [0.15, 0.2) is 47.1 Å². The van der Waals surface area contributed by atoms with E-state index in [2.05, 4.69) is 5.32 Å². The highest BCUT2D eigenvalue weighted by molar-refractivity contribution is 5.34. The molecule has 102 valence electrons. The highest BCUT2D eigenvalue weighted by atomic mass is 16.3. The number of nitrogens with one attached hydrogen (secondary N) is 1. The van der Waals surface area contributed by atoms with E-state index in [0.717, 1.165) is 12.0 Å². The van der Waals surface area contributed by atoms with Crippen molar-refractivity contribution in [3.63, 3.8) is 0 Å². The quantitative estimate of drug-likeness (QED) is 0.748. The number of aromatic hydroxyl groups is 1. The summed E-state index contributed by atoms with van der Waals surface area (Å²) in [5.74, 6) is 0.953. The van der Waals surface area contributed by atoms with Gasteiger partial charge in [-0.15, -0.1) is 0 Å². The van der Waals surface area contributed by atoms with Crippen molar-refractivity contribution in [1.29, 1.82) is 0 Å². The fourth-order valence-electron chi connectivity index (χ4n) is 2.17. The number of benzene rings is 1. The zero-order valence-corrected chi connectivity index (χ0v) is 10.9. The molecule has 0 spiro atoms. The third-order valence-corrected chi connectivity index (χ3v) is 3.19. The summed E-state index contributed by atoms with van der Waals surface area (Å²) in [5, 5.41) is 22.7. The summed E-state index contributed by atoms with van der Waals surface area (Å²) in [4.78, 5) is 0. The maximum atomic E-state index is 9.90. The molecule has 19 heavy (non-hydrogen) atoms. The van der Waals surface area contributed by atoms with Gasteiger partial charge < -0.3 is 14.6 Å². The lowest BCUT2D eigenvalue weighted by Crippen LogP contribution is -2.28. The number of aliphatic hydroxyl groups is 1. The number of hydrogen-bond acceptors (Lipinski definition) is 4. The molecule has 0 radical (unpaired) electrons. The fourth-order valence-corrected chi connectivity index (χ4v) is 2.17. The first-order valence-corrected chi connectivity index (χ1v) is 6.44. The largest absolute Gasteiger partial charge is 0.508 e. The first-order valence-electron chi connectivity index (χ1n) is 6.44. The second-order valence-corrected chi connectivity index (χ2v) is 4.44. The minimum atomic E-state index is -0.278. The molecule has 0 saturated heterocycles. The van der Waals surface area contributed by atoms with Crippen molar-refractivity contribution in [3.05, 3.63) is 54.0 Å². The van der Waals surface area contributed by atoms with E-state index in [4.69, 9.17) is 4.42 Å². The van der Waals surface area contributed by atoms with E-state index in [1.165, 1.54) is 0 Å². The molecule has 0 aliphatic rings. The average molecular weight is 261 g/mol. The summed E-state index contributed by atoms with van der Waals surface area (Å²) in [6.45, 7) is 1.97. The molecule has 2 aromatic rings. The summed E-state index contributed by atoms with van der Waals surface area (Å²) in [5.41, 5.74) is 0.829. The number of furan rings is 1. The van der Waals surface area contributed by atoms with Gasteiger partial charge in [0, 0.05) is 11.6 Å². The van der Waals surface area contributed by atoms with Gasteiger partial charge >= 0.3 is 0 Å². The fraction of sp³-hybridized carbons (Fsp3) is 0.333. The molecule has 1 heterocycles. The highest BCUT2D eigenvalue weighted by Crippen LogP contribution is 2.28. The molecule has 0 saturated carbocycles. The van der Waals surface area contributed by atoms with Crippen molar-refractivity contribution in [2.45, 2.75) is 25.4 Å². The second-order valence-electron chi connectivity index (χ2n) is 4.44. The van der Waals surface area contributed by atoms with Crippen molar-refractivity contribution in [3.8, 4) is 5.75 Å². The third kappa shape index (κ3) is 3.16. The van der Waals surface area contributed by atoms with E-state index in [-0.39, 0.29) is 24.4 Å². The van der Waals surface area contributed by atoms with Crippen LogP contribution in [-0.4, -0.2) is 16.8 Å². The molecule has 4 nitrogen and oxygen atoms in total. The van der Waals surface area contributed by atoms with Gasteiger partial charge in [-0.2, -0.15) is 0 Å². The Bertz CT molecular complexity index is 496. The van der Waals surface area contributed by atoms with E-state index in [0.29, 0.717) is 5.76 Å². The second kappa shape index (κ2) is 6.41. The predicted octanol–water partition coefficient (Wildman–Crippen LogP) is 2.76. The minimum Gasteiger partial charge on any atom is -0.508 e. The van der Waals surface area contributed by atoms with Gasteiger partial charge in [-0.3, -0.25) is 5.32 Å². The third-order valence-electron chi connectivity index (χ3n) is 3.19. The molecule has 2 rings (SSSR count). The van der Waals surface area contributed by atoms with E-state index >= 15 is 0 Å². The van der Waals surface area contributed by atoms with Gasteiger partial charge in [-0.1, -0.05) is 25.1 Å². The van der Waals surface area contributed by atoms with Crippen molar-refractivity contribution in [1.82, 2.24) is 5.32 Å². The number of phenols is 1. The number of rotatable bonds is 6. The first kappa shape index (κ1) is 13.6. The van der Waals surface area contributed by atoms with Crippen LogP contribution in [0.3, 0.4) is 0 Å². The predicted molar refractivity (Wildman–Crippen MR) is 72.8 cm³/mol. The normalized spacial score (nSPS) is 14.2. The van der Waals surface area contributed by atoms with E-state index in [1.807, 2.05) is 25.1 Å². The molecule has 0 amide bonds. The monoisotopic (exact) mass is 261 g/mol. The van der Waals surface area contributed by atoms with E-state index in [9.17, 15) is 10.2 Å². The minimum absolute atomic E-state index is 0.0385. The Labute approximate surface area is 112 Å². The van der Waals surface area contributed by atoms with Crippen LogP contribution in [0.2, 0.25) is 0 Å². The lowest BCUT2D eigenvalue weighted by atomic mass is 10.0. The van der Waals surface area contributed by atoms with Gasteiger partial charge in [0.15, 0.2) is 0 Å². The zero-order chi connectivity index (χ0) is 13.7. The Kier molecular flexibility index (Phi) is 4.60. The lowest BCUT2D eigenvalue weighted by Gasteiger charge is -2.23. The van der Waals surface area contributed by atoms with Gasteiger partial charge in [0.05, 0.1) is 18.9 Å². The maximum absolute atomic E-state index is 9.90. The zero-order valence-electron chi connectivity index (χ0n) is 10.9. The van der Waals surface area contributed by atoms with Crippen LogP contribution in [0.1, 0.15) is 36.8 Å². The SMILES string of the molecule is CCC(NC(CO)c1ccco1)c1ccccc1O. The molecule has 2 atom stereocenters. The number of phenolic OH excluding ortho intramolecular Hbond substituents is 1. The Balaban J connectivity index is 2.17. The smallest absolute Gasteiger partial charge is 0.123 e. The molecular formula is C15H19NO3. The lowest BCUT2D eigenvalue weighted by molar-refractivity contribution is 0.213. The van der Waals surface area contributed by atoms with Crippen LogP contribution in [-0.2, 0) is 0 Å². The van der Waals surface area contributed by atoms with Crippen molar-refractivity contribution in [2.24, 2.45) is 0 Å². The standard InChI is InChI=1S/C15H19NO3/c1-2-12(11-6-3-4-7-14(11)18)16-13(10-17)15-8-5-9-19-15/h3-9,12-13,16-18H,2,10H2,1H3. The molecule has 0 fully saturated rings. The Morgan fingerprint density at radius 2 is 1.95 bits per heavy atom. The van der Waals surface area contributed by atoms with Gasteiger partial charge in [0.25, 0.3) is 0 Å². The summed E-state index contributed by atoms with van der Waals surface area (Å²) >= 11 is 0. The molecule has 4 heteroatoms. The van der Waals surface area contributed by atoms with Crippen LogP contribution < -0.4 is 5.32 Å². The Morgan fingerprint density at radius 1 is 1.16 bits per heavy atom. The molecule has 0 aliphatic carbocycles. The van der Waals surface area contributed by atoms with Crippen LogP contribution in [0.4, 0.5) is 0 Å². The maximum Gasteiger partial charge on any atom is 0.123 e. The van der Waals surface area contributed by atoms with Crippen LogP contribution in [0, 0.1) is 0 Å². The van der Waals surface area contributed by atoms with E-state index in [1.54, 1.807) is 24.5 Å². The molecule has 0 bridgehead atoms. The number of hydrogen-bond donors (Lipinski definition) is 3. The van der Waals surface area contributed by atoms with Crippen molar-refractivity contribution in [2.75, 3.05) is 6.61 Å². The summed E-state index contributed by atoms with van der Waals surface area (Å²) < 4.78 is 5.31. The van der Waals surface area contributed by atoms with Crippen molar-refractivity contribution >= 4 is 0 Å². The number of aliphatic hydroxyl groups excluding tert-OH is 1. The van der Waals surface area contributed by atoms with Crippen LogP contribution in [0.5, 0.6) is 5.75 Å². The molecule has 3 N–H and O–H groups in total. The van der Waals surface area contributed by atoms with Gasteiger partial charge in [-0.05, 0) is 24.6 Å². The first-order chi connectivity index (χ1) is 9.26. The van der Waals surface area contributed by atoms with E-state index < -0.39 is 0 Å². The molecule has 1 aromatic heterocycles. The number of para-hydroxylation sites is 1. The van der Waals surface area contributed by atoms with Gasteiger partial charge in [-0.25, -0.2) is 0 Å². The van der Waals surface area contributed by atoms with Gasteiger partial charge in [0.1, 0.15) is 11.5 Å². The molecular weight excluding hydrogens is 242 g/mol. The van der Waals surface area contributed by atoms with Crippen molar-refractivity contribution < 1.29 is 14.6 Å². The Hall–Kier alpha value is -1.78. The topological polar surface area (TPSA) is 65.6 Å². The molecule has 0 aliphatic heterocycles. The van der Waals surface area contributed by atoms with Crippen LogP contribution >= 0.6 is 0 Å². The molecule has 1 aromatic carbocycles. The van der Waals surface area contributed by atoms with Gasteiger partial charge in [0.2, 0.25) is 0 Å². The highest BCUT2D eigenvalue weighted by Gasteiger charge is 2.20. The summed E-state index contributed by atoms with van der Waals surface area (Å²) in [7, 11) is 0. The summed E-state index contributed by atoms with van der Waals surface area (Å²) in [6.07, 6.45) is 2.38. The Morgan fingerprint density at radius 3 is 2.53 bits per heavy atom. The summed E-state index contributed by atoms with van der Waals surface area (Å²) in [6, 6.07) is 10.5. The average Bonchev–Trinajstić information content (AvgIpc) is 2.95. The van der Waals surface area contributed by atoms with Crippen LogP contribution in [0.25, 0.3) is 0 Å². The molecule has 2 unspecified atom stereocenters.